The summed E-state index contributed by atoms with van der Waals surface area (Å²) in [6.45, 7) is -0.583. The van der Waals surface area contributed by atoms with Crippen LogP contribution in [0.4, 0.5) is 8.78 Å². The molecule has 0 aliphatic carbocycles. The Labute approximate surface area is 65.7 Å². The summed E-state index contributed by atoms with van der Waals surface area (Å²) < 4.78 is 24.0. The average Bonchev–Trinajstić information content (AvgIpc) is 1.99. The van der Waals surface area contributed by atoms with E-state index in [4.69, 9.17) is 5.11 Å². The Hall–Kier alpha value is -0.440. The van der Waals surface area contributed by atoms with Gasteiger partial charge in [0.25, 0.3) is 0 Å². The highest BCUT2D eigenvalue weighted by atomic mass is 19.1. The van der Waals surface area contributed by atoms with Crippen LogP contribution in [-0.2, 0) is 0 Å². The van der Waals surface area contributed by atoms with E-state index < -0.39 is 0 Å². The van der Waals surface area contributed by atoms with Crippen LogP contribution in [-0.4, -0.2) is 18.4 Å². The summed E-state index contributed by atoms with van der Waals surface area (Å²) in [7, 11) is 0. The van der Waals surface area contributed by atoms with E-state index in [0.717, 1.165) is 6.08 Å². The number of halogens is 2. The van der Waals surface area contributed by atoms with Crippen molar-refractivity contribution in [3.8, 4) is 0 Å². The molecule has 0 amide bonds. The van der Waals surface area contributed by atoms with Gasteiger partial charge in [0, 0.05) is 0 Å². The molecule has 11 heavy (non-hydrogen) atoms. The summed E-state index contributed by atoms with van der Waals surface area (Å²) in [6.07, 6.45) is 3.33. The van der Waals surface area contributed by atoms with Crippen molar-refractivity contribution < 1.29 is 13.9 Å². The van der Waals surface area contributed by atoms with Crippen LogP contribution >= 0.6 is 0 Å². The van der Waals surface area contributed by atoms with Crippen molar-refractivity contribution in [2.24, 2.45) is 0 Å². The second kappa shape index (κ2) is 7.66. The molecule has 0 heterocycles. The van der Waals surface area contributed by atoms with Crippen LogP contribution < -0.4 is 0 Å². The molecule has 0 aliphatic heterocycles. The summed E-state index contributed by atoms with van der Waals surface area (Å²) in [5.74, 6) is -0.300. The van der Waals surface area contributed by atoms with E-state index in [1.54, 1.807) is 0 Å². The fourth-order valence-electron chi connectivity index (χ4n) is 0.766. The molecule has 0 rings (SSSR count). The molecule has 0 spiro atoms. The van der Waals surface area contributed by atoms with Crippen molar-refractivity contribution in [1.29, 1.82) is 0 Å². The van der Waals surface area contributed by atoms with Gasteiger partial charge < -0.3 is 5.11 Å². The number of alkyl halides is 1. The van der Waals surface area contributed by atoms with Gasteiger partial charge in [0.15, 0.2) is 0 Å². The lowest BCUT2D eigenvalue weighted by Crippen LogP contribution is -1.82. The Morgan fingerprint density at radius 2 is 2.00 bits per heavy atom. The van der Waals surface area contributed by atoms with E-state index in [2.05, 4.69) is 0 Å². The molecular weight excluding hydrogens is 150 g/mol. The fraction of sp³-hybridized carbons (Fsp3) is 0.750. The zero-order valence-corrected chi connectivity index (χ0v) is 6.52. The van der Waals surface area contributed by atoms with Gasteiger partial charge in [0.2, 0.25) is 0 Å². The number of aliphatic hydroxyl groups is 1. The predicted octanol–water partition coefficient (Wildman–Crippen LogP) is 2.36. The lowest BCUT2D eigenvalue weighted by molar-refractivity contribution is 0.337. The fourth-order valence-corrected chi connectivity index (χ4v) is 0.766. The molecule has 1 nitrogen and oxygen atoms in total. The lowest BCUT2D eigenvalue weighted by Gasteiger charge is -1.95. The van der Waals surface area contributed by atoms with Crippen LogP contribution in [0.3, 0.4) is 0 Å². The van der Waals surface area contributed by atoms with Gasteiger partial charge in [-0.1, -0.05) is 6.42 Å². The van der Waals surface area contributed by atoms with Crippen molar-refractivity contribution >= 4 is 0 Å². The maximum absolute atomic E-state index is 12.4. The highest BCUT2D eigenvalue weighted by Gasteiger charge is 1.93. The highest BCUT2D eigenvalue weighted by Crippen LogP contribution is 2.09. The minimum absolute atomic E-state index is 0.255. The van der Waals surface area contributed by atoms with Gasteiger partial charge in [-0.2, -0.15) is 0 Å². The molecule has 0 saturated carbocycles. The van der Waals surface area contributed by atoms with Gasteiger partial charge in [0.05, 0.1) is 19.1 Å². The first-order valence-corrected chi connectivity index (χ1v) is 3.82. The number of hydrogen-bond donors (Lipinski definition) is 1. The molecule has 3 heteroatoms. The van der Waals surface area contributed by atoms with E-state index in [1.165, 1.54) is 0 Å². The van der Waals surface area contributed by atoms with E-state index in [9.17, 15) is 8.78 Å². The van der Waals surface area contributed by atoms with E-state index in [1.807, 2.05) is 0 Å². The van der Waals surface area contributed by atoms with Crippen molar-refractivity contribution in [2.45, 2.75) is 25.7 Å². The summed E-state index contributed by atoms with van der Waals surface area (Å²) in [5, 5.41) is 8.26. The van der Waals surface area contributed by atoms with Crippen LogP contribution in [0.15, 0.2) is 11.9 Å². The molecule has 0 bridgehead atoms. The molecule has 66 valence electrons. The molecule has 0 aromatic heterocycles. The van der Waals surface area contributed by atoms with Gasteiger partial charge >= 0.3 is 0 Å². The summed E-state index contributed by atoms with van der Waals surface area (Å²) >= 11 is 0. The quantitative estimate of drug-likeness (QED) is 0.597. The van der Waals surface area contributed by atoms with Gasteiger partial charge in [-0.15, -0.1) is 0 Å². The summed E-state index contributed by atoms with van der Waals surface area (Å²) in [6, 6.07) is 0. The number of allylic oxidation sites excluding steroid dienone is 1. The molecule has 0 aromatic rings. The molecular formula is C8H14F2O. The number of unbranched alkanes of at least 4 members (excludes halogenated alkanes) is 2. The number of aliphatic hydroxyl groups excluding tert-OH is 1. The average molecular weight is 164 g/mol. The van der Waals surface area contributed by atoms with E-state index in [0.29, 0.717) is 25.7 Å². The van der Waals surface area contributed by atoms with Crippen LogP contribution in [0.1, 0.15) is 25.7 Å². The summed E-state index contributed by atoms with van der Waals surface area (Å²) in [5.41, 5.74) is 0. The molecule has 0 atom stereocenters. The smallest absolute Gasteiger partial charge is 0.0982 e. The predicted molar refractivity (Wildman–Crippen MR) is 40.7 cm³/mol. The van der Waals surface area contributed by atoms with Crippen molar-refractivity contribution in [1.82, 2.24) is 0 Å². The lowest BCUT2D eigenvalue weighted by atomic mass is 10.2. The maximum Gasteiger partial charge on any atom is 0.0982 e. The molecule has 0 fully saturated rings. The van der Waals surface area contributed by atoms with Crippen LogP contribution in [0.5, 0.6) is 0 Å². The number of rotatable bonds is 6. The Bertz CT molecular complexity index is 113. The Kier molecular flexibility index (Phi) is 7.36. The van der Waals surface area contributed by atoms with Gasteiger partial charge in [-0.25, -0.2) is 4.39 Å². The zero-order chi connectivity index (χ0) is 8.53. The molecule has 0 saturated heterocycles. The third-order valence-electron chi connectivity index (χ3n) is 1.36. The molecule has 0 aromatic carbocycles. The van der Waals surface area contributed by atoms with Crippen LogP contribution in [0.25, 0.3) is 0 Å². The summed E-state index contributed by atoms with van der Waals surface area (Å²) in [4.78, 5) is 0. The first-order chi connectivity index (χ1) is 5.31. The number of hydrogen-bond acceptors (Lipinski definition) is 1. The van der Waals surface area contributed by atoms with Crippen LogP contribution in [0, 0.1) is 0 Å². The van der Waals surface area contributed by atoms with Crippen molar-refractivity contribution in [3.05, 3.63) is 11.9 Å². The van der Waals surface area contributed by atoms with E-state index in [-0.39, 0.29) is 19.1 Å². The molecule has 0 aliphatic rings. The van der Waals surface area contributed by atoms with Crippen molar-refractivity contribution in [2.75, 3.05) is 13.3 Å². The highest BCUT2D eigenvalue weighted by molar-refractivity contribution is 4.90. The standard InChI is InChI=1S/C8H14F2O/c9-6-3-1-2-4-8(10)5-7-11/h5,11H,1-4,6-7H2/b8-5-. The third kappa shape index (κ3) is 7.46. The topological polar surface area (TPSA) is 20.2 Å². The Morgan fingerprint density at radius 1 is 1.27 bits per heavy atom. The second-order valence-corrected chi connectivity index (χ2v) is 2.33. The first-order valence-electron chi connectivity index (χ1n) is 3.82. The molecule has 1 N–H and O–H groups in total. The van der Waals surface area contributed by atoms with Crippen molar-refractivity contribution in [3.63, 3.8) is 0 Å². The first kappa shape index (κ1) is 10.6. The minimum atomic E-state index is -0.328. The van der Waals surface area contributed by atoms with Gasteiger partial charge in [-0.05, 0) is 25.3 Å². The largest absolute Gasteiger partial charge is 0.392 e. The third-order valence-corrected chi connectivity index (χ3v) is 1.36. The van der Waals surface area contributed by atoms with Crippen LogP contribution in [0.2, 0.25) is 0 Å². The monoisotopic (exact) mass is 164 g/mol. The Balaban J connectivity index is 3.17. The van der Waals surface area contributed by atoms with Gasteiger partial charge in [-0.3, -0.25) is 4.39 Å². The minimum Gasteiger partial charge on any atom is -0.392 e. The SMILES string of the molecule is OC/C=C(\F)CCCCCF. The normalized spacial score (nSPS) is 12.1. The second-order valence-electron chi connectivity index (χ2n) is 2.33. The van der Waals surface area contributed by atoms with E-state index >= 15 is 0 Å². The molecule has 0 unspecified atom stereocenters. The maximum atomic E-state index is 12.4. The zero-order valence-electron chi connectivity index (χ0n) is 6.52. The van der Waals surface area contributed by atoms with Gasteiger partial charge in [0.1, 0.15) is 0 Å². The Morgan fingerprint density at radius 3 is 2.55 bits per heavy atom. The molecule has 0 radical (unpaired) electrons.